The second-order valence-corrected chi connectivity index (χ2v) is 5.04. The summed E-state index contributed by atoms with van der Waals surface area (Å²) in [6.45, 7) is 0. The Bertz CT molecular complexity index is 812. The topological polar surface area (TPSA) is 99.2 Å². The van der Waals surface area contributed by atoms with Crippen molar-refractivity contribution in [3.05, 3.63) is 87.1 Å². The largest absolute Gasteiger partial charge is 0.269 e. The van der Waals surface area contributed by atoms with Crippen molar-refractivity contribution in [3.8, 4) is 22.4 Å². The summed E-state index contributed by atoms with van der Waals surface area (Å²) in [6, 6.07) is 16.0. The van der Waals surface area contributed by atoms with Crippen LogP contribution >= 0.6 is 0 Å². The minimum absolute atomic E-state index is 0.0289. The van der Waals surface area contributed by atoms with Crippen LogP contribution < -0.4 is 0 Å². The summed E-state index contributed by atoms with van der Waals surface area (Å²) in [5.41, 5.74) is 3.18. The molecule has 0 aliphatic rings. The first-order chi connectivity index (χ1) is 11.5. The monoisotopic (exact) mass is 321 g/mol. The van der Waals surface area contributed by atoms with E-state index < -0.39 is 9.85 Å². The zero-order valence-corrected chi connectivity index (χ0v) is 12.3. The molecule has 0 atom stereocenters. The Kier molecular flexibility index (Phi) is 3.98. The molecular formula is C17H11N3O4. The highest BCUT2D eigenvalue weighted by molar-refractivity contribution is 5.68. The first kappa shape index (κ1) is 15.3. The maximum atomic E-state index is 10.7. The molecular weight excluding hydrogens is 310 g/mol. The molecule has 2 aromatic carbocycles. The average Bonchev–Trinajstić information content (AvgIpc) is 2.62. The van der Waals surface area contributed by atoms with Gasteiger partial charge in [-0.2, -0.15) is 0 Å². The van der Waals surface area contributed by atoms with E-state index in [1.807, 2.05) is 6.07 Å². The number of nitro groups is 2. The Hall–Kier alpha value is -3.61. The molecule has 0 unspecified atom stereocenters. The fourth-order valence-electron chi connectivity index (χ4n) is 2.26. The van der Waals surface area contributed by atoms with Crippen LogP contribution in [0.5, 0.6) is 0 Å². The Labute approximate surface area is 136 Å². The average molecular weight is 321 g/mol. The second-order valence-electron chi connectivity index (χ2n) is 5.04. The van der Waals surface area contributed by atoms with Crippen LogP contribution in [-0.2, 0) is 0 Å². The highest BCUT2D eigenvalue weighted by atomic mass is 16.6. The number of hydrogen-bond acceptors (Lipinski definition) is 5. The van der Waals surface area contributed by atoms with E-state index in [-0.39, 0.29) is 11.4 Å². The molecule has 3 aromatic rings. The maximum Gasteiger partial charge on any atom is 0.269 e. The van der Waals surface area contributed by atoms with Crippen molar-refractivity contribution in [2.75, 3.05) is 0 Å². The van der Waals surface area contributed by atoms with Gasteiger partial charge in [-0.15, -0.1) is 0 Å². The number of hydrogen-bond donors (Lipinski definition) is 0. The van der Waals surface area contributed by atoms with Crippen LogP contribution in [0.1, 0.15) is 0 Å². The van der Waals surface area contributed by atoms with E-state index in [9.17, 15) is 20.2 Å². The molecule has 0 radical (unpaired) electrons. The molecule has 0 fully saturated rings. The van der Waals surface area contributed by atoms with Crippen molar-refractivity contribution in [1.82, 2.24) is 4.98 Å². The Balaban J connectivity index is 1.84. The van der Waals surface area contributed by atoms with E-state index in [1.54, 1.807) is 36.5 Å². The standard InChI is InChI=1S/C17H11N3O4/c21-19(22)15-6-1-12(2-7-15)14-5-10-17(18-11-14)13-3-8-16(9-4-13)20(23)24/h1-11H. The summed E-state index contributed by atoms with van der Waals surface area (Å²) in [6.07, 6.45) is 1.66. The van der Waals surface area contributed by atoms with Crippen molar-refractivity contribution >= 4 is 11.4 Å². The van der Waals surface area contributed by atoms with Crippen molar-refractivity contribution < 1.29 is 9.85 Å². The lowest BCUT2D eigenvalue weighted by Crippen LogP contribution is -1.89. The van der Waals surface area contributed by atoms with E-state index in [0.29, 0.717) is 5.69 Å². The van der Waals surface area contributed by atoms with Crippen LogP contribution in [0.25, 0.3) is 22.4 Å². The van der Waals surface area contributed by atoms with Crippen molar-refractivity contribution in [2.45, 2.75) is 0 Å². The molecule has 7 heteroatoms. The van der Waals surface area contributed by atoms with Crippen molar-refractivity contribution in [2.24, 2.45) is 0 Å². The van der Waals surface area contributed by atoms with Gasteiger partial charge >= 0.3 is 0 Å². The fraction of sp³-hybridized carbons (Fsp3) is 0. The molecule has 0 bridgehead atoms. The Morgan fingerprint density at radius 3 is 1.50 bits per heavy atom. The van der Waals surface area contributed by atoms with Crippen LogP contribution in [0.3, 0.4) is 0 Å². The number of benzene rings is 2. The number of rotatable bonds is 4. The molecule has 0 aliphatic carbocycles. The predicted molar refractivity (Wildman–Crippen MR) is 88.4 cm³/mol. The third-order valence-corrected chi connectivity index (χ3v) is 3.55. The fourth-order valence-corrected chi connectivity index (χ4v) is 2.26. The minimum Gasteiger partial charge on any atom is -0.258 e. The van der Waals surface area contributed by atoms with Gasteiger partial charge < -0.3 is 0 Å². The smallest absolute Gasteiger partial charge is 0.258 e. The summed E-state index contributed by atoms with van der Waals surface area (Å²) < 4.78 is 0. The van der Waals surface area contributed by atoms with Gasteiger partial charge in [0.1, 0.15) is 0 Å². The third kappa shape index (κ3) is 3.09. The number of nitrogens with zero attached hydrogens (tertiary/aromatic N) is 3. The molecule has 24 heavy (non-hydrogen) atoms. The molecule has 1 aromatic heterocycles. The first-order valence-electron chi connectivity index (χ1n) is 7.00. The van der Waals surface area contributed by atoms with Crippen LogP contribution in [0.2, 0.25) is 0 Å². The van der Waals surface area contributed by atoms with Crippen molar-refractivity contribution in [1.29, 1.82) is 0 Å². The molecule has 1 heterocycles. The molecule has 7 nitrogen and oxygen atoms in total. The maximum absolute atomic E-state index is 10.7. The minimum atomic E-state index is -0.450. The zero-order valence-electron chi connectivity index (χ0n) is 12.3. The van der Waals surface area contributed by atoms with Gasteiger partial charge in [0.25, 0.3) is 11.4 Å². The number of aromatic nitrogens is 1. The van der Waals surface area contributed by atoms with Gasteiger partial charge in [0.15, 0.2) is 0 Å². The van der Waals surface area contributed by atoms with Crippen LogP contribution in [0.4, 0.5) is 11.4 Å². The lowest BCUT2D eigenvalue weighted by Gasteiger charge is -2.04. The summed E-state index contributed by atoms with van der Waals surface area (Å²) in [5, 5.41) is 21.3. The predicted octanol–water partition coefficient (Wildman–Crippen LogP) is 4.23. The highest BCUT2D eigenvalue weighted by Crippen LogP contribution is 2.25. The molecule has 0 spiro atoms. The number of nitro benzene ring substituents is 2. The summed E-state index contributed by atoms with van der Waals surface area (Å²) in [5.74, 6) is 0. The van der Waals surface area contributed by atoms with E-state index in [4.69, 9.17) is 0 Å². The lowest BCUT2D eigenvalue weighted by atomic mass is 10.1. The number of non-ortho nitro benzene ring substituents is 2. The summed E-state index contributed by atoms with van der Waals surface area (Å²) in [4.78, 5) is 24.8. The normalized spacial score (nSPS) is 10.3. The quantitative estimate of drug-likeness (QED) is 0.529. The van der Waals surface area contributed by atoms with Crippen LogP contribution in [-0.4, -0.2) is 14.8 Å². The van der Waals surface area contributed by atoms with E-state index in [2.05, 4.69) is 4.98 Å². The Morgan fingerprint density at radius 2 is 1.08 bits per heavy atom. The van der Waals surface area contributed by atoms with Gasteiger partial charge in [0, 0.05) is 41.6 Å². The van der Waals surface area contributed by atoms with Gasteiger partial charge in [-0.1, -0.05) is 6.07 Å². The molecule has 0 aliphatic heterocycles. The van der Waals surface area contributed by atoms with Gasteiger partial charge in [-0.05, 0) is 35.9 Å². The van der Waals surface area contributed by atoms with E-state index >= 15 is 0 Å². The van der Waals surface area contributed by atoms with Crippen molar-refractivity contribution in [3.63, 3.8) is 0 Å². The molecule has 3 rings (SSSR count). The van der Waals surface area contributed by atoms with Gasteiger partial charge in [-0.25, -0.2) is 0 Å². The SMILES string of the molecule is O=[N+]([O-])c1ccc(-c2ccc(-c3ccc([N+](=O)[O-])cc3)nc2)cc1. The van der Waals surface area contributed by atoms with E-state index in [1.165, 1.54) is 24.3 Å². The summed E-state index contributed by atoms with van der Waals surface area (Å²) in [7, 11) is 0. The van der Waals surface area contributed by atoms with Crippen LogP contribution in [0, 0.1) is 20.2 Å². The zero-order chi connectivity index (χ0) is 17.1. The third-order valence-electron chi connectivity index (χ3n) is 3.55. The molecule has 0 saturated heterocycles. The van der Waals surface area contributed by atoms with Crippen LogP contribution in [0.15, 0.2) is 66.9 Å². The van der Waals surface area contributed by atoms with Gasteiger partial charge in [0.05, 0.1) is 15.5 Å². The lowest BCUT2D eigenvalue weighted by molar-refractivity contribution is -0.385. The van der Waals surface area contributed by atoms with Gasteiger partial charge in [0.2, 0.25) is 0 Å². The molecule has 118 valence electrons. The highest BCUT2D eigenvalue weighted by Gasteiger charge is 2.08. The molecule has 0 amide bonds. The van der Waals surface area contributed by atoms with Gasteiger partial charge in [-0.3, -0.25) is 25.2 Å². The molecule has 0 N–H and O–H groups in total. The summed E-state index contributed by atoms with van der Waals surface area (Å²) >= 11 is 0. The first-order valence-corrected chi connectivity index (χ1v) is 7.00. The Morgan fingerprint density at radius 1 is 0.625 bits per heavy atom. The second kappa shape index (κ2) is 6.25. The number of pyridine rings is 1. The molecule has 0 saturated carbocycles. The van der Waals surface area contributed by atoms with E-state index in [0.717, 1.165) is 16.7 Å².